The van der Waals surface area contributed by atoms with Crippen LogP contribution in [0.2, 0.25) is 0 Å². The van der Waals surface area contributed by atoms with Gasteiger partial charge >= 0.3 is 0 Å². The molecule has 0 aliphatic heterocycles. The lowest BCUT2D eigenvalue weighted by Gasteiger charge is -1.91. The fourth-order valence-electron chi connectivity index (χ4n) is 0.396. The zero-order valence-corrected chi connectivity index (χ0v) is 5.18. The van der Waals surface area contributed by atoms with Crippen molar-refractivity contribution in [3.05, 3.63) is 11.8 Å². The molecule has 0 aliphatic carbocycles. The molecule has 0 unspecified atom stereocenters. The lowest BCUT2D eigenvalue weighted by Crippen LogP contribution is -1.94. The van der Waals surface area contributed by atoms with Crippen LogP contribution < -0.4 is 5.73 Å². The molecule has 8 heavy (non-hydrogen) atoms. The van der Waals surface area contributed by atoms with Gasteiger partial charge in [-0.1, -0.05) is 13.8 Å². The molecule has 0 spiro atoms. The molecular formula is C6H10N2. The van der Waals surface area contributed by atoms with Gasteiger partial charge in [0, 0.05) is 0 Å². The molecular weight excluding hydrogens is 100 g/mol. The van der Waals surface area contributed by atoms with Crippen LogP contribution in [-0.4, -0.2) is 0 Å². The number of nitrogens with two attached hydrogens (primary N) is 1. The second-order valence-electron chi connectivity index (χ2n) is 1.98. The third kappa shape index (κ3) is 3.23. The third-order valence-corrected chi connectivity index (χ3v) is 0.642. The number of nitriles is 1. The van der Waals surface area contributed by atoms with E-state index < -0.39 is 0 Å². The Kier molecular flexibility index (Phi) is 2.71. The van der Waals surface area contributed by atoms with Gasteiger partial charge in [-0.2, -0.15) is 5.26 Å². The van der Waals surface area contributed by atoms with Crippen LogP contribution in [0.3, 0.4) is 0 Å². The van der Waals surface area contributed by atoms with Gasteiger partial charge in [0.1, 0.15) is 11.8 Å². The monoisotopic (exact) mass is 110 g/mol. The van der Waals surface area contributed by atoms with Crippen LogP contribution in [0.4, 0.5) is 0 Å². The van der Waals surface area contributed by atoms with Crippen molar-refractivity contribution in [3.8, 4) is 6.07 Å². The van der Waals surface area contributed by atoms with Gasteiger partial charge < -0.3 is 5.73 Å². The summed E-state index contributed by atoms with van der Waals surface area (Å²) in [6.07, 6.45) is 1.72. The number of allylic oxidation sites excluding steroid dienone is 2. The van der Waals surface area contributed by atoms with Gasteiger partial charge in [-0.15, -0.1) is 0 Å². The fourth-order valence-corrected chi connectivity index (χ4v) is 0.396. The van der Waals surface area contributed by atoms with Gasteiger partial charge in [0.15, 0.2) is 0 Å². The summed E-state index contributed by atoms with van der Waals surface area (Å²) in [5.74, 6) is 0.370. The van der Waals surface area contributed by atoms with E-state index in [1.54, 1.807) is 6.08 Å². The minimum absolute atomic E-state index is 0.306. The van der Waals surface area contributed by atoms with Crippen molar-refractivity contribution in [2.45, 2.75) is 13.8 Å². The normalized spacial score (nSPS) is 11.5. The first-order valence-corrected chi connectivity index (χ1v) is 2.54. The van der Waals surface area contributed by atoms with E-state index in [9.17, 15) is 0 Å². The van der Waals surface area contributed by atoms with E-state index in [-0.39, 0.29) is 0 Å². The summed E-state index contributed by atoms with van der Waals surface area (Å²) in [4.78, 5) is 0. The Morgan fingerprint density at radius 3 is 2.38 bits per heavy atom. The van der Waals surface area contributed by atoms with Gasteiger partial charge in [0.05, 0.1) is 0 Å². The van der Waals surface area contributed by atoms with Crippen LogP contribution in [0.15, 0.2) is 11.8 Å². The molecule has 2 nitrogen and oxygen atoms in total. The molecule has 0 heterocycles. The van der Waals surface area contributed by atoms with Crippen molar-refractivity contribution < 1.29 is 0 Å². The van der Waals surface area contributed by atoms with E-state index in [0.717, 1.165) is 0 Å². The van der Waals surface area contributed by atoms with Gasteiger partial charge in [0.2, 0.25) is 0 Å². The highest BCUT2D eigenvalue weighted by Crippen LogP contribution is 1.94. The van der Waals surface area contributed by atoms with Crippen LogP contribution in [-0.2, 0) is 0 Å². The average Bonchev–Trinajstić information content (AvgIpc) is 1.65. The summed E-state index contributed by atoms with van der Waals surface area (Å²) in [5.41, 5.74) is 5.48. The van der Waals surface area contributed by atoms with E-state index in [1.165, 1.54) is 0 Å². The van der Waals surface area contributed by atoms with Gasteiger partial charge in [-0.3, -0.25) is 0 Å². The van der Waals surface area contributed by atoms with Crippen LogP contribution in [0, 0.1) is 17.2 Å². The Hall–Kier alpha value is -0.970. The van der Waals surface area contributed by atoms with Gasteiger partial charge in [-0.25, -0.2) is 0 Å². The Balaban J connectivity index is 3.80. The van der Waals surface area contributed by atoms with Gasteiger partial charge in [0.25, 0.3) is 0 Å². The quantitative estimate of drug-likeness (QED) is 0.512. The molecule has 0 aromatic rings. The Morgan fingerprint density at radius 1 is 1.75 bits per heavy atom. The van der Waals surface area contributed by atoms with E-state index in [2.05, 4.69) is 0 Å². The SMILES string of the molecule is CC(C)/C=C(\N)C#N. The van der Waals surface area contributed by atoms with E-state index >= 15 is 0 Å². The standard InChI is InChI=1S/C6H10N2/c1-5(2)3-6(8)4-7/h3,5H,8H2,1-2H3/b6-3-. The van der Waals surface area contributed by atoms with Crippen LogP contribution in [0.25, 0.3) is 0 Å². The van der Waals surface area contributed by atoms with Crippen molar-refractivity contribution in [3.63, 3.8) is 0 Å². The Labute approximate surface area is 49.6 Å². The van der Waals surface area contributed by atoms with Crippen LogP contribution in [0.5, 0.6) is 0 Å². The summed E-state index contributed by atoms with van der Waals surface area (Å²) in [6.45, 7) is 3.95. The summed E-state index contributed by atoms with van der Waals surface area (Å²) < 4.78 is 0. The van der Waals surface area contributed by atoms with E-state index in [4.69, 9.17) is 11.0 Å². The third-order valence-electron chi connectivity index (χ3n) is 0.642. The molecule has 0 bridgehead atoms. The zero-order valence-electron chi connectivity index (χ0n) is 5.18. The minimum Gasteiger partial charge on any atom is -0.390 e. The molecule has 0 radical (unpaired) electrons. The first kappa shape index (κ1) is 7.03. The molecule has 0 aromatic carbocycles. The molecule has 0 atom stereocenters. The molecule has 0 saturated heterocycles. The second-order valence-corrected chi connectivity index (χ2v) is 1.98. The zero-order chi connectivity index (χ0) is 6.57. The second kappa shape index (κ2) is 3.09. The maximum Gasteiger partial charge on any atom is 0.116 e. The largest absolute Gasteiger partial charge is 0.390 e. The lowest BCUT2D eigenvalue weighted by atomic mass is 10.2. The molecule has 0 aromatic heterocycles. The van der Waals surface area contributed by atoms with Crippen molar-refractivity contribution in [1.82, 2.24) is 0 Å². The molecule has 0 rings (SSSR count). The van der Waals surface area contributed by atoms with Crippen molar-refractivity contribution in [1.29, 1.82) is 5.26 Å². The van der Waals surface area contributed by atoms with E-state index in [0.29, 0.717) is 11.6 Å². The average molecular weight is 110 g/mol. The topological polar surface area (TPSA) is 49.8 Å². The summed E-state index contributed by atoms with van der Waals surface area (Å²) in [7, 11) is 0. The summed E-state index contributed by atoms with van der Waals surface area (Å²) in [5, 5.41) is 8.14. The summed E-state index contributed by atoms with van der Waals surface area (Å²) in [6, 6.07) is 1.84. The molecule has 0 aliphatic rings. The van der Waals surface area contributed by atoms with Crippen LogP contribution >= 0.6 is 0 Å². The van der Waals surface area contributed by atoms with Crippen LogP contribution in [0.1, 0.15) is 13.8 Å². The number of nitrogens with zero attached hydrogens (tertiary/aromatic N) is 1. The molecule has 44 valence electrons. The highest BCUT2D eigenvalue weighted by molar-refractivity contribution is 5.16. The Morgan fingerprint density at radius 2 is 2.25 bits per heavy atom. The number of hydrogen-bond donors (Lipinski definition) is 1. The number of rotatable bonds is 1. The van der Waals surface area contributed by atoms with E-state index in [1.807, 2.05) is 19.9 Å². The summed E-state index contributed by atoms with van der Waals surface area (Å²) >= 11 is 0. The maximum absolute atomic E-state index is 8.14. The number of hydrogen-bond acceptors (Lipinski definition) is 2. The molecule has 0 saturated carbocycles. The molecule has 0 amide bonds. The Bertz CT molecular complexity index is 128. The maximum atomic E-state index is 8.14. The minimum atomic E-state index is 0.306. The molecule has 2 heteroatoms. The van der Waals surface area contributed by atoms with Crippen molar-refractivity contribution >= 4 is 0 Å². The highest BCUT2D eigenvalue weighted by atomic mass is 14.6. The predicted molar refractivity (Wildman–Crippen MR) is 32.7 cm³/mol. The fraction of sp³-hybridized carbons (Fsp3) is 0.500. The molecule has 0 fully saturated rings. The first-order valence-electron chi connectivity index (χ1n) is 2.54. The molecule has 2 N–H and O–H groups in total. The highest BCUT2D eigenvalue weighted by Gasteiger charge is 1.87. The predicted octanol–water partition coefficient (Wildman–Crippen LogP) is 1.01. The first-order chi connectivity index (χ1) is 3.66. The lowest BCUT2D eigenvalue weighted by molar-refractivity contribution is 0.824. The van der Waals surface area contributed by atoms with Crippen molar-refractivity contribution in [2.75, 3.05) is 0 Å². The smallest absolute Gasteiger partial charge is 0.116 e. The van der Waals surface area contributed by atoms with Crippen molar-refractivity contribution in [2.24, 2.45) is 11.7 Å². The van der Waals surface area contributed by atoms with Gasteiger partial charge in [-0.05, 0) is 12.0 Å².